The zero-order valence-electron chi connectivity index (χ0n) is 11.4. The molecule has 18 heavy (non-hydrogen) atoms. The van der Waals surface area contributed by atoms with Crippen molar-refractivity contribution < 1.29 is 19.1 Å². The van der Waals surface area contributed by atoms with Crippen molar-refractivity contribution in [3.05, 3.63) is 0 Å². The molecule has 0 heterocycles. The minimum absolute atomic E-state index is 0.0647. The maximum atomic E-state index is 11.6. The Labute approximate surface area is 107 Å². The third kappa shape index (κ3) is 5.86. The van der Waals surface area contributed by atoms with Crippen molar-refractivity contribution in [1.82, 2.24) is 10.6 Å². The third-order valence-corrected chi connectivity index (χ3v) is 2.29. The minimum atomic E-state index is -0.548. The van der Waals surface area contributed by atoms with Crippen molar-refractivity contribution in [3.8, 4) is 0 Å². The summed E-state index contributed by atoms with van der Waals surface area (Å²) in [4.78, 5) is 23.1. The SMILES string of the molecule is CN[C@H](CNC(=O)OC(C)(C)C)C(=O)OC1CC1. The molecule has 0 radical (unpaired) electrons. The van der Waals surface area contributed by atoms with Gasteiger partial charge >= 0.3 is 12.1 Å². The van der Waals surface area contributed by atoms with E-state index < -0.39 is 17.7 Å². The minimum Gasteiger partial charge on any atom is -0.461 e. The molecule has 0 aliphatic heterocycles. The van der Waals surface area contributed by atoms with E-state index in [1.165, 1.54) is 0 Å². The highest BCUT2D eigenvalue weighted by atomic mass is 16.6. The average molecular weight is 258 g/mol. The number of carbonyl (C=O) groups is 2. The van der Waals surface area contributed by atoms with Crippen LogP contribution < -0.4 is 10.6 Å². The molecule has 1 fully saturated rings. The lowest BCUT2D eigenvalue weighted by Gasteiger charge is -2.21. The van der Waals surface area contributed by atoms with Crippen LogP contribution in [0.3, 0.4) is 0 Å². The van der Waals surface area contributed by atoms with Gasteiger partial charge in [0.25, 0.3) is 0 Å². The summed E-state index contributed by atoms with van der Waals surface area (Å²) >= 11 is 0. The average Bonchev–Trinajstić information content (AvgIpc) is 2.99. The van der Waals surface area contributed by atoms with Crippen LogP contribution in [0.5, 0.6) is 0 Å². The maximum absolute atomic E-state index is 11.6. The Balaban J connectivity index is 2.29. The molecule has 1 aliphatic carbocycles. The number of hydrogen-bond acceptors (Lipinski definition) is 5. The van der Waals surface area contributed by atoms with Crippen molar-refractivity contribution in [2.75, 3.05) is 13.6 Å². The van der Waals surface area contributed by atoms with Crippen molar-refractivity contribution in [1.29, 1.82) is 0 Å². The molecule has 1 aliphatic rings. The molecule has 6 heteroatoms. The van der Waals surface area contributed by atoms with Gasteiger partial charge in [0.05, 0.1) is 0 Å². The first kappa shape index (κ1) is 14.8. The van der Waals surface area contributed by atoms with Gasteiger partial charge in [0.1, 0.15) is 17.7 Å². The second-order valence-electron chi connectivity index (χ2n) is 5.36. The number of carbonyl (C=O) groups excluding carboxylic acids is 2. The molecule has 1 rings (SSSR count). The summed E-state index contributed by atoms with van der Waals surface area (Å²) in [6, 6.07) is -0.543. The molecule has 1 amide bonds. The molecule has 6 nitrogen and oxygen atoms in total. The monoisotopic (exact) mass is 258 g/mol. The molecule has 0 spiro atoms. The molecular weight excluding hydrogens is 236 g/mol. The number of alkyl carbamates (subject to hydrolysis) is 1. The van der Waals surface area contributed by atoms with Gasteiger partial charge in [-0.05, 0) is 40.7 Å². The highest BCUT2D eigenvalue weighted by molar-refractivity contribution is 5.77. The first-order valence-electron chi connectivity index (χ1n) is 6.16. The molecule has 0 aromatic heterocycles. The first-order chi connectivity index (χ1) is 8.31. The molecular formula is C12H22N2O4. The predicted molar refractivity (Wildman–Crippen MR) is 66.2 cm³/mol. The topological polar surface area (TPSA) is 76.7 Å². The molecule has 1 atom stereocenters. The second kappa shape index (κ2) is 6.04. The van der Waals surface area contributed by atoms with Crippen LogP contribution >= 0.6 is 0 Å². The van der Waals surface area contributed by atoms with E-state index in [1.54, 1.807) is 27.8 Å². The summed E-state index contributed by atoms with van der Waals surface area (Å²) in [5.74, 6) is -0.337. The van der Waals surface area contributed by atoms with Gasteiger partial charge in [-0.25, -0.2) is 4.79 Å². The summed E-state index contributed by atoms with van der Waals surface area (Å²) in [5, 5.41) is 5.35. The van der Waals surface area contributed by atoms with Gasteiger partial charge in [-0.3, -0.25) is 4.79 Å². The maximum Gasteiger partial charge on any atom is 0.407 e. The Morgan fingerprint density at radius 2 is 1.94 bits per heavy atom. The van der Waals surface area contributed by atoms with Gasteiger partial charge in [0, 0.05) is 6.54 Å². The Hall–Kier alpha value is -1.30. The van der Waals surface area contributed by atoms with Crippen molar-refractivity contribution >= 4 is 12.1 Å². The summed E-state index contributed by atoms with van der Waals surface area (Å²) in [6.07, 6.45) is 1.39. The number of esters is 1. The lowest BCUT2D eigenvalue weighted by atomic mass is 10.2. The van der Waals surface area contributed by atoms with Crippen molar-refractivity contribution in [2.24, 2.45) is 0 Å². The highest BCUT2D eigenvalue weighted by Gasteiger charge is 2.29. The number of amides is 1. The van der Waals surface area contributed by atoms with Gasteiger partial charge in [0.15, 0.2) is 0 Å². The summed E-state index contributed by atoms with van der Waals surface area (Å²) in [6.45, 7) is 5.49. The molecule has 0 unspecified atom stereocenters. The largest absolute Gasteiger partial charge is 0.461 e. The van der Waals surface area contributed by atoms with Gasteiger partial charge in [-0.15, -0.1) is 0 Å². The fourth-order valence-electron chi connectivity index (χ4n) is 1.24. The predicted octanol–water partition coefficient (Wildman–Crippen LogP) is 0.805. The highest BCUT2D eigenvalue weighted by Crippen LogP contribution is 2.23. The lowest BCUT2D eigenvalue weighted by Crippen LogP contribution is -2.46. The van der Waals surface area contributed by atoms with Crippen LogP contribution in [0.2, 0.25) is 0 Å². The molecule has 0 aromatic carbocycles. The van der Waals surface area contributed by atoms with E-state index in [0.717, 1.165) is 12.8 Å². The Bertz CT molecular complexity index is 308. The van der Waals surface area contributed by atoms with Gasteiger partial charge < -0.3 is 20.1 Å². The van der Waals surface area contributed by atoms with Crippen molar-refractivity contribution in [3.63, 3.8) is 0 Å². The van der Waals surface area contributed by atoms with E-state index >= 15 is 0 Å². The quantitative estimate of drug-likeness (QED) is 0.713. The number of hydrogen-bond donors (Lipinski definition) is 2. The van der Waals surface area contributed by atoms with E-state index in [0.29, 0.717) is 0 Å². The number of rotatable bonds is 5. The molecule has 104 valence electrons. The number of nitrogens with one attached hydrogen (secondary N) is 2. The van der Waals surface area contributed by atoms with Crippen LogP contribution in [0, 0.1) is 0 Å². The van der Waals surface area contributed by atoms with E-state index in [4.69, 9.17) is 9.47 Å². The van der Waals surface area contributed by atoms with Crippen LogP contribution in [0.1, 0.15) is 33.6 Å². The smallest absolute Gasteiger partial charge is 0.407 e. The van der Waals surface area contributed by atoms with Gasteiger partial charge in [-0.1, -0.05) is 0 Å². The molecule has 0 saturated heterocycles. The summed E-state index contributed by atoms with van der Waals surface area (Å²) < 4.78 is 10.2. The standard InChI is InChI=1S/C12H22N2O4/c1-12(2,3)18-11(16)14-7-9(13-4)10(15)17-8-5-6-8/h8-9,13H,5-7H2,1-4H3,(H,14,16)/t9-/m1/s1. The van der Waals surface area contributed by atoms with Crippen LogP contribution in [0.15, 0.2) is 0 Å². The van der Waals surface area contributed by atoms with Crippen LogP contribution in [0.4, 0.5) is 4.79 Å². The Morgan fingerprint density at radius 1 is 1.33 bits per heavy atom. The van der Waals surface area contributed by atoms with Crippen LogP contribution in [-0.4, -0.2) is 43.4 Å². The van der Waals surface area contributed by atoms with Gasteiger partial charge in [0.2, 0.25) is 0 Å². The summed E-state index contributed by atoms with van der Waals surface area (Å²) in [7, 11) is 1.65. The van der Waals surface area contributed by atoms with E-state index in [9.17, 15) is 9.59 Å². The van der Waals surface area contributed by atoms with Crippen LogP contribution in [-0.2, 0) is 14.3 Å². The zero-order chi connectivity index (χ0) is 13.8. The molecule has 0 aromatic rings. The lowest BCUT2D eigenvalue weighted by molar-refractivity contribution is -0.147. The summed E-state index contributed by atoms with van der Waals surface area (Å²) in [5.41, 5.74) is -0.548. The van der Waals surface area contributed by atoms with Crippen molar-refractivity contribution in [2.45, 2.75) is 51.4 Å². The normalized spacial score (nSPS) is 16.9. The molecule has 0 bridgehead atoms. The number of ether oxygens (including phenoxy) is 2. The van der Waals surface area contributed by atoms with E-state index in [-0.39, 0.29) is 18.6 Å². The third-order valence-electron chi connectivity index (χ3n) is 2.29. The first-order valence-corrected chi connectivity index (χ1v) is 6.16. The second-order valence-corrected chi connectivity index (χ2v) is 5.36. The van der Waals surface area contributed by atoms with E-state index in [1.807, 2.05) is 0 Å². The fraction of sp³-hybridized carbons (Fsp3) is 0.833. The molecule has 2 N–H and O–H groups in total. The Kier molecular flexibility index (Phi) is 4.95. The molecule has 1 saturated carbocycles. The fourth-order valence-corrected chi connectivity index (χ4v) is 1.24. The zero-order valence-corrected chi connectivity index (χ0v) is 11.4. The Morgan fingerprint density at radius 3 is 2.39 bits per heavy atom. The van der Waals surface area contributed by atoms with Crippen LogP contribution in [0.25, 0.3) is 0 Å². The van der Waals surface area contributed by atoms with E-state index in [2.05, 4.69) is 10.6 Å². The number of likely N-dealkylation sites (N-methyl/N-ethyl adjacent to an activating group) is 1. The van der Waals surface area contributed by atoms with Gasteiger partial charge in [-0.2, -0.15) is 0 Å².